The molecule has 1 aliphatic heterocycles. The first kappa shape index (κ1) is 18.8. The van der Waals surface area contributed by atoms with Gasteiger partial charge in [-0.2, -0.15) is 0 Å². The van der Waals surface area contributed by atoms with E-state index < -0.39 is 5.97 Å². The van der Waals surface area contributed by atoms with Crippen molar-refractivity contribution in [1.29, 1.82) is 0 Å². The van der Waals surface area contributed by atoms with Crippen LogP contribution < -0.4 is 0 Å². The summed E-state index contributed by atoms with van der Waals surface area (Å²) in [6.07, 6.45) is 1.87. The monoisotopic (exact) mass is 523 g/mol. The van der Waals surface area contributed by atoms with Gasteiger partial charge in [0.1, 0.15) is 0 Å². The number of carboxylic acids is 1. The topological polar surface area (TPSA) is 61.1 Å². The van der Waals surface area contributed by atoms with Crippen molar-refractivity contribution >= 4 is 29.5 Å². The van der Waals surface area contributed by atoms with Crippen molar-refractivity contribution in [3.05, 3.63) is 40.6 Å². The fraction of sp³-hybridized carbons (Fsp3) is 0.500. The molecule has 1 radical (unpaired) electrons. The van der Waals surface area contributed by atoms with E-state index in [1.165, 1.54) is 6.42 Å². The molecule has 107 valence electrons. The van der Waals surface area contributed by atoms with E-state index in [1.807, 2.05) is 42.6 Å². The van der Waals surface area contributed by atoms with Crippen molar-refractivity contribution in [2.45, 2.75) is 30.4 Å². The number of carboxylic acid groups (broad SMARTS) is 1. The van der Waals surface area contributed by atoms with E-state index in [0.717, 1.165) is 22.6 Å². The first-order valence-electron chi connectivity index (χ1n) is 6.38. The van der Waals surface area contributed by atoms with Crippen molar-refractivity contribution in [2.75, 3.05) is 11.5 Å². The van der Waals surface area contributed by atoms with Gasteiger partial charge in [-0.15, -0.1) is 29.6 Å². The van der Waals surface area contributed by atoms with Gasteiger partial charge in [-0.1, -0.05) is 19.1 Å². The van der Waals surface area contributed by atoms with Gasteiger partial charge in [0, 0.05) is 44.1 Å². The maximum Gasteiger partial charge on any atom is 0.336 e. The summed E-state index contributed by atoms with van der Waals surface area (Å²) in [7, 11) is 0. The molecule has 20 heavy (non-hydrogen) atoms. The minimum absolute atomic E-state index is 0. The van der Waals surface area contributed by atoms with Gasteiger partial charge in [0.2, 0.25) is 0 Å². The molecule has 0 aliphatic carbocycles. The quantitative estimate of drug-likeness (QED) is 0.642. The third-order valence-electron chi connectivity index (χ3n) is 2.97. The van der Waals surface area contributed by atoms with Crippen molar-refractivity contribution in [1.82, 2.24) is 0 Å². The number of benzene rings is 1. The number of carbonyl (C=O) groups is 1. The Bertz CT molecular complexity index is 462. The smallest absolute Gasteiger partial charge is 0.336 e. The van der Waals surface area contributed by atoms with Crippen LogP contribution in [0.5, 0.6) is 0 Å². The molecule has 2 N–H and O–H groups in total. The number of hydrogen-bond donors (Lipinski definition) is 1. The van der Waals surface area contributed by atoms with Crippen molar-refractivity contribution < 1.29 is 54.0 Å². The van der Waals surface area contributed by atoms with E-state index in [2.05, 4.69) is 0 Å². The standard InChI is InChI=1S/C14H18NO2S2.Ac/c1-9(15)7-10-3-4-11(13(16)17)12(8-10)14-18-5-2-6-19-14;/h3-4,8-9,14-15H,2,5-7H2,1H3,(H,16,17);/q-1;/t9-;/m1./s1. The molecular formula is C14H18AcNO2S2-. The summed E-state index contributed by atoms with van der Waals surface area (Å²) in [5, 5.41) is 9.31. The van der Waals surface area contributed by atoms with Gasteiger partial charge in [-0.25, -0.2) is 4.79 Å². The molecule has 1 fully saturated rings. The Morgan fingerprint density at radius 2 is 2.10 bits per heavy atom. The van der Waals surface area contributed by atoms with Gasteiger partial charge in [-0.3, -0.25) is 0 Å². The normalized spacial score (nSPS) is 17.3. The van der Waals surface area contributed by atoms with Crippen molar-refractivity contribution in [3.8, 4) is 0 Å². The number of nitrogens with one attached hydrogen (secondary N) is 1. The first-order chi connectivity index (χ1) is 9.08. The molecule has 2 rings (SSSR count). The predicted molar refractivity (Wildman–Crippen MR) is 83.2 cm³/mol. The van der Waals surface area contributed by atoms with Crippen LogP contribution in [0.4, 0.5) is 0 Å². The van der Waals surface area contributed by atoms with Gasteiger partial charge < -0.3 is 10.8 Å². The van der Waals surface area contributed by atoms with Gasteiger partial charge in [0.05, 0.1) is 10.1 Å². The molecule has 1 aromatic rings. The zero-order chi connectivity index (χ0) is 13.8. The Balaban J connectivity index is 0.00000200. The Morgan fingerprint density at radius 1 is 1.45 bits per heavy atom. The second-order valence-electron chi connectivity index (χ2n) is 4.76. The number of rotatable bonds is 4. The zero-order valence-electron chi connectivity index (χ0n) is 11.5. The predicted octanol–water partition coefficient (Wildman–Crippen LogP) is 4.24. The summed E-state index contributed by atoms with van der Waals surface area (Å²) >= 11 is 3.66. The van der Waals surface area contributed by atoms with E-state index in [4.69, 9.17) is 5.73 Å². The summed E-state index contributed by atoms with van der Waals surface area (Å²) in [6, 6.07) is 5.38. The molecule has 0 aromatic heterocycles. The van der Waals surface area contributed by atoms with Crippen LogP contribution in [-0.2, 0) is 6.42 Å². The van der Waals surface area contributed by atoms with Gasteiger partial charge in [0.25, 0.3) is 0 Å². The van der Waals surface area contributed by atoms with Crippen molar-refractivity contribution in [2.24, 2.45) is 0 Å². The molecule has 1 atom stereocenters. The molecule has 6 heteroatoms. The molecule has 1 heterocycles. The van der Waals surface area contributed by atoms with Gasteiger partial charge in [0.15, 0.2) is 0 Å². The molecular weight excluding hydrogens is 505 g/mol. The van der Waals surface area contributed by atoms with Crippen LogP contribution in [0.25, 0.3) is 5.73 Å². The van der Waals surface area contributed by atoms with E-state index in [0.29, 0.717) is 12.0 Å². The van der Waals surface area contributed by atoms with Crippen LogP contribution in [0.1, 0.15) is 39.4 Å². The van der Waals surface area contributed by atoms with Crippen LogP contribution in [-0.4, -0.2) is 28.6 Å². The van der Waals surface area contributed by atoms with E-state index in [-0.39, 0.29) is 54.7 Å². The zero-order valence-corrected chi connectivity index (χ0v) is 17.8. The van der Waals surface area contributed by atoms with E-state index in [9.17, 15) is 9.90 Å². The molecule has 0 saturated carbocycles. The van der Waals surface area contributed by atoms with Gasteiger partial charge >= 0.3 is 5.97 Å². The SMILES string of the molecule is C[C@@H]([NH-])Cc1ccc(C(=O)O)c(C2SCCCS2)c1.[Ac]. The van der Waals surface area contributed by atoms with Crippen LogP contribution >= 0.6 is 23.5 Å². The Hall–Kier alpha value is 0.792. The van der Waals surface area contributed by atoms with E-state index in [1.54, 1.807) is 6.07 Å². The minimum atomic E-state index is -0.854. The average molecular weight is 523 g/mol. The number of hydrogen-bond acceptors (Lipinski definition) is 3. The fourth-order valence-corrected chi connectivity index (χ4v) is 5.09. The summed E-state index contributed by atoms with van der Waals surface area (Å²) in [4.78, 5) is 11.3. The fourth-order valence-electron chi connectivity index (χ4n) is 2.15. The molecule has 0 spiro atoms. The van der Waals surface area contributed by atoms with Crippen LogP contribution in [0.15, 0.2) is 18.2 Å². The largest absolute Gasteiger partial charge is 0.675 e. The molecule has 3 nitrogen and oxygen atoms in total. The Morgan fingerprint density at radius 3 is 2.65 bits per heavy atom. The first-order valence-corrected chi connectivity index (χ1v) is 8.48. The summed E-state index contributed by atoms with van der Waals surface area (Å²) < 4.78 is 0.223. The Labute approximate surface area is 164 Å². The maximum atomic E-state index is 11.3. The summed E-state index contributed by atoms with van der Waals surface area (Å²) in [5.41, 5.74) is 10.0. The van der Waals surface area contributed by atoms with Gasteiger partial charge in [-0.05, 0) is 41.5 Å². The minimum Gasteiger partial charge on any atom is -0.675 e. The molecule has 0 unspecified atom stereocenters. The summed E-state index contributed by atoms with van der Waals surface area (Å²) in [6.45, 7) is 1.86. The molecule has 0 bridgehead atoms. The third-order valence-corrected chi connectivity index (χ3v) is 5.95. The number of thioether (sulfide) groups is 2. The Kier molecular flexibility index (Phi) is 8.52. The number of aromatic carboxylic acids is 1. The van der Waals surface area contributed by atoms with Crippen LogP contribution in [0.3, 0.4) is 0 Å². The molecule has 1 saturated heterocycles. The average Bonchev–Trinajstić information content (AvgIpc) is 2.38. The molecule has 0 amide bonds. The molecule has 1 aliphatic rings. The second kappa shape index (κ2) is 9.05. The second-order valence-corrected chi connectivity index (χ2v) is 7.48. The van der Waals surface area contributed by atoms with Crippen LogP contribution in [0.2, 0.25) is 0 Å². The molecule has 1 aromatic carbocycles. The van der Waals surface area contributed by atoms with Crippen LogP contribution in [0, 0.1) is 44.1 Å². The summed E-state index contributed by atoms with van der Waals surface area (Å²) in [5.74, 6) is 1.33. The third kappa shape index (κ3) is 5.21. The van der Waals surface area contributed by atoms with E-state index >= 15 is 0 Å². The maximum absolute atomic E-state index is 11.3. The van der Waals surface area contributed by atoms with Crippen molar-refractivity contribution in [3.63, 3.8) is 0 Å².